The van der Waals surface area contributed by atoms with Crippen LogP contribution in [0.5, 0.6) is 11.5 Å². The number of para-hydroxylation sites is 2. The molecule has 0 saturated heterocycles. The van der Waals surface area contributed by atoms with Crippen LogP contribution in [0.2, 0.25) is 0 Å². The average molecular weight is 397 g/mol. The second-order valence-corrected chi connectivity index (χ2v) is 8.39. The molecule has 3 aromatic rings. The van der Waals surface area contributed by atoms with Gasteiger partial charge in [-0.25, -0.2) is 0 Å². The molecule has 1 amide bonds. The standard InChI is InChI=1S/C26H23NO3/c28-26(24-15-29-22-11-5-6-12-23(22)30-24)27-14-16-13-21-17-7-1-3-9-19(17)25(16)20-10-4-2-8-18(20)21/h1-12,16,21,24-25H,13-15H2,(H,27,28)/t16-,21?,24-,25?/m0/s1. The van der Waals surface area contributed by atoms with Crippen LogP contribution in [0, 0.1) is 5.92 Å². The SMILES string of the molecule is O=C(NC[C@@H]1CC2c3ccccc3C1c1ccccc12)[C@@H]1COc2ccccc2O1. The number of rotatable bonds is 3. The third-order valence-corrected chi connectivity index (χ3v) is 6.76. The van der Waals surface area contributed by atoms with Crippen LogP contribution in [-0.4, -0.2) is 25.2 Å². The molecular weight excluding hydrogens is 374 g/mol. The fraction of sp³-hybridized carbons (Fsp3) is 0.269. The molecule has 150 valence electrons. The first-order valence-corrected chi connectivity index (χ1v) is 10.6. The van der Waals surface area contributed by atoms with Gasteiger partial charge < -0.3 is 14.8 Å². The molecule has 0 unspecified atom stereocenters. The number of carbonyl (C=O) groups is 1. The van der Waals surface area contributed by atoms with Crippen molar-refractivity contribution in [2.45, 2.75) is 24.4 Å². The number of amides is 1. The van der Waals surface area contributed by atoms with Crippen molar-refractivity contribution in [3.63, 3.8) is 0 Å². The predicted octanol–water partition coefficient (Wildman–Crippen LogP) is 4.24. The zero-order valence-corrected chi connectivity index (χ0v) is 16.6. The monoisotopic (exact) mass is 397 g/mol. The van der Waals surface area contributed by atoms with Crippen LogP contribution in [0.25, 0.3) is 0 Å². The van der Waals surface area contributed by atoms with Gasteiger partial charge in [-0.3, -0.25) is 4.79 Å². The van der Waals surface area contributed by atoms with E-state index < -0.39 is 6.10 Å². The van der Waals surface area contributed by atoms with Gasteiger partial charge in [-0.1, -0.05) is 60.7 Å². The number of hydrogen-bond acceptors (Lipinski definition) is 3. The van der Waals surface area contributed by atoms with Crippen molar-refractivity contribution >= 4 is 5.91 Å². The second-order valence-electron chi connectivity index (χ2n) is 8.39. The highest BCUT2D eigenvalue weighted by molar-refractivity contribution is 5.81. The fourth-order valence-electron chi connectivity index (χ4n) is 5.45. The third kappa shape index (κ3) is 2.71. The van der Waals surface area contributed by atoms with Crippen LogP contribution in [0.3, 0.4) is 0 Å². The molecule has 4 nitrogen and oxygen atoms in total. The molecule has 0 radical (unpaired) electrons. The van der Waals surface area contributed by atoms with E-state index in [1.54, 1.807) is 0 Å². The molecule has 0 aromatic heterocycles. The number of fused-ring (bicyclic) bond motifs is 2. The summed E-state index contributed by atoms with van der Waals surface area (Å²) in [5, 5.41) is 3.16. The van der Waals surface area contributed by atoms with E-state index in [1.807, 2.05) is 24.3 Å². The molecule has 7 rings (SSSR count). The zero-order valence-electron chi connectivity index (χ0n) is 16.6. The number of hydrogen-bond donors (Lipinski definition) is 1. The Labute approximate surface area is 175 Å². The molecule has 1 N–H and O–H groups in total. The smallest absolute Gasteiger partial charge is 0.264 e. The maximum absolute atomic E-state index is 12.8. The Morgan fingerprint density at radius 2 is 1.43 bits per heavy atom. The highest BCUT2D eigenvalue weighted by atomic mass is 16.6. The molecule has 1 aliphatic heterocycles. The van der Waals surface area contributed by atoms with Gasteiger partial charge in [-0.2, -0.15) is 0 Å². The molecule has 30 heavy (non-hydrogen) atoms. The summed E-state index contributed by atoms with van der Waals surface area (Å²) in [4.78, 5) is 12.8. The summed E-state index contributed by atoms with van der Waals surface area (Å²) in [5.74, 6) is 2.33. The third-order valence-electron chi connectivity index (χ3n) is 6.76. The van der Waals surface area contributed by atoms with Crippen molar-refractivity contribution in [2.75, 3.05) is 13.2 Å². The minimum absolute atomic E-state index is 0.104. The molecule has 2 atom stereocenters. The summed E-state index contributed by atoms with van der Waals surface area (Å²) in [5.41, 5.74) is 5.73. The van der Waals surface area contributed by atoms with E-state index in [-0.39, 0.29) is 12.5 Å². The van der Waals surface area contributed by atoms with Gasteiger partial charge in [0.25, 0.3) is 5.91 Å². The zero-order chi connectivity index (χ0) is 20.1. The van der Waals surface area contributed by atoms with E-state index in [2.05, 4.69) is 53.8 Å². The van der Waals surface area contributed by atoms with Crippen molar-refractivity contribution in [2.24, 2.45) is 5.92 Å². The fourth-order valence-corrected chi connectivity index (χ4v) is 5.45. The molecule has 0 spiro atoms. The molecule has 2 bridgehead atoms. The van der Waals surface area contributed by atoms with Crippen molar-refractivity contribution in [3.8, 4) is 11.5 Å². The van der Waals surface area contributed by atoms with Crippen LogP contribution in [0.15, 0.2) is 72.8 Å². The van der Waals surface area contributed by atoms with Crippen LogP contribution >= 0.6 is 0 Å². The molecule has 0 fully saturated rings. The molecule has 0 saturated carbocycles. The first-order chi connectivity index (χ1) is 14.8. The summed E-state index contributed by atoms with van der Waals surface area (Å²) in [6.45, 7) is 0.884. The lowest BCUT2D eigenvalue weighted by Gasteiger charge is -2.45. The predicted molar refractivity (Wildman–Crippen MR) is 114 cm³/mol. The van der Waals surface area contributed by atoms with Crippen molar-refractivity contribution in [3.05, 3.63) is 95.1 Å². The molecule has 1 heterocycles. The highest BCUT2D eigenvalue weighted by Gasteiger charge is 2.43. The van der Waals surface area contributed by atoms with Gasteiger partial charge in [0, 0.05) is 18.4 Å². The molecule has 3 aromatic carbocycles. The van der Waals surface area contributed by atoms with Gasteiger partial charge in [0.2, 0.25) is 6.10 Å². The Hall–Kier alpha value is -3.27. The number of benzene rings is 3. The minimum Gasteiger partial charge on any atom is -0.485 e. The number of nitrogens with one attached hydrogen (secondary N) is 1. The first-order valence-electron chi connectivity index (χ1n) is 10.6. The van der Waals surface area contributed by atoms with Crippen molar-refractivity contribution < 1.29 is 14.3 Å². The summed E-state index contributed by atoms with van der Waals surface area (Å²) in [6.07, 6.45) is 0.448. The summed E-state index contributed by atoms with van der Waals surface area (Å²) < 4.78 is 11.6. The summed E-state index contributed by atoms with van der Waals surface area (Å²) in [7, 11) is 0. The van der Waals surface area contributed by atoms with Gasteiger partial charge in [0.15, 0.2) is 11.5 Å². The molecule has 4 heteroatoms. The molecule has 4 aliphatic rings. The van der Waals surface area contributed by atoms with Gasteiger partial charge in [-0.05, 0) is 46.7 Å². The van der Waals surface area contributed by atoms with Gasteiger partial charge >= 0.3 is 0 Å². The summed E-state index contributed by atoms with van der Waals surface area (Å²) in [6, 6.07) is 25.0. The van der Waals surface area contributed by atoms with Crippen molar-refractivity contribution in [1.29, 1.82) is 0 Å². The highest BCUT2D eigenvalue weighted by Crippen LogP contribution is 2.55. The Morgan fingerprint density at radius 1 is 0.833 bits per heavy atom. The van der Waals surface area contributed by atoms with Crippen LogP contribution in [-0.2, 0) is 4.79 Å². The van der Waals surface area contributed by atoms with Gasteiger partial charge in [-0.15, -0.1) is 0 Å². The largest absolute Gasteiger partial charge is 0.485 e. The normalized spacial score (nSPS) is 25.2. The lowest BCUT2D eigenvalue weighted by molar-refractivity contribution is -0.130. The Balaban J connectivity index is 1.21. The number of ether oxygens (including phenoxy) is 2. The van der Waals surface area contributed by atoms with E-state index in [9.17, 15) is 4.79 Å². The second kappa shape index (κ2) is 6.91. The quantitative estimate of drug-likeness (QED) is 0.719. The van der Waals surface area contributed by atoms with E-state index in [0.717, 1.165) is 6.42 Å². The Bertz CT molecular complexity index is 1080. The van der Waals surface area contributed by atoms with Crippen LogP contribution in [0.1, 0.15) is 40.5 Å². The number of carbonyl (C=O) groups excluding carboxylic acids is 1. The maximum atomic E-state index is 12.8. The van der Waals surface area contributed by atoms with E-state index >= 15 is 0 Å². The topological polar surface area (TPSA) is 47.6 Å². The Kier molecular flexibility index (Phi) is 4.05. The van der Waals surface area contributed by atoms with Gasteiger partial charge in [0.1, 0.15) is 6.61 Å². The average Bonchev–Trinajstić information content (AvgIpc) is 2.82. The summed E-state index contributed by atoms with van der Waals surface area (Å²) >= 11 is 0. The van der Waals surface area contributed by atoms with Crippen LogP contribution in [0.4, 0.5) is 0 Å². The lowest BCUT2D eigenvalue weighted by Crippen LogP contribution is -2.47. The van der Waals surface area contributed by atoms with E-state index in [0.29, 0.717) is 35.8 Å². The van der Waals surface area contributed by atoms with Crippen molar-refractivity contribution in [1.82, 2.24) is 5.32 Å². The molecule has 3 aliphatic carbocycles. The van der Waals surface area contributed by atoms with Crippen LogP contribution < -0.4 is 14.8 Å². The van der Waals surface area contributed by atoms with E-state index in [4.69, 9.17) is 9.47 Å². The first kappa shape index (κ1) is 17.6. The molecular formula is C26H23NO3. The Morgan fingerprint density at radius 3 is 2.13 bits per heavy atom. The maximum Gasteiger partial charge on any atom is 0.264 e. The lowest BCUT2D eigenvalue weighted by atomic mass is 9.59. The van der Waals surface area contributed by atoms with Gasteiger partial charge in [0.05, 0.1) is 0 Å². The van der Waals surface area contributed by atoms with E-state index in [1.165, 1.54) is 22.3 Å². The minimum atomic E-state index is -0.611.